The van der Waals surface area contributed by atoms with Crippen molar-refractivity contribution in [2.24, 2.45) is 11.1 Å². The Bertz CT molecular complexity index is 1010. The first-order chi connectivity index (χ1) is 13.4. The van der Waals surface area contributed by atoms with Crippen LogP contribution in [0.15, 0.2) is 52.9 Å². The zero-order valence-corrected chi connectivity index (χ0v) is 16.6. The third kappa shape index (κ3) is 3.16. The van der Waals surface area contributed by atoms with Crippen molar-refractivity contribution in [2.75, 3.05) is 20.2 Å². The normalized spacial score (nSPS) is 19.0. The van der Waals surface area contributed by atoms with E-state index >= 15 is 0 Å². The van der Waals surface area contributed by atoms with Crippen LogP contribution < -0.4 is 10.5 Å². The van der Waals surface area contributed by atoms with Crippen molar-refractivity contribution >= 4 is 16.9 Å². The minimum absolute atomic E-state index is 0.0880. The van der Waals surface area contributed by atoms with Crippen LogP contribution in [-0.4, -0.2) is 37.0 Å². The number of nitrogens with zero attached hydrogens (tertiary/aromatic N) is 1. The first-order valence-corrected chi connectivity index (χ1v) is 9.61. The van der Waals surface area contributed by atoms with E-state index in [2.05, 4.69) is 13.8 Å². The van der Waals surface area contributed by atoms with E-state index in [-0.39, 0.29) is 17.4 Å². The lowest BCUT2D eigenvalue weighted by Crippen LogP contribution is -2.54. The number of carbonyl (C=O) groups is 1. The maximum atomic E-state index is 13.5. The average Bonchev–Trinajstić information content (AvgIpc) is 3.08. The number of hydrogen-bond acceptors (Lipinski definition) is 4. The van der Waals surface area contributed by atoms with Crippen LogP contribution in [0.25, 0.3) is 22.1 Å². The lowest BCUT2D eigenvalue weighted by Gasteiger charge is -2.42. The predicted molar refractivity (Wildman–Crippen MR) is 110 cm³/mol. The molecule has 2 aromatic carbocycles. The summed E-state index contributed by atoms with van der Waals surface area (Å²) in [5.41, 5.74) is 8.56. The molecule has 5 nitrogen and oxygen atoms in total. The second-order valence-electron chi connectivity index (χ2n) is 8.14. The Morgan fingerprint density at radius 3 is 2.64 bits per heavy atom. The number of rotatable bonds is 3. The van der Waals surface area contributed by atoms with Crippen molar-refractivity contribution in [3.8, 4) is 16.9 Å². The number of benzene rings is 2. The fourth-order valence-electron chi connectivity index (χ4n) is 3.94. The van der Waals surface area contributed by atoms with Crippen LogP contribution in [0, 0.1) is 5.41 Å². The number of amides is 1. The molecule has 0 spiro atoms. The number of furan rings is 1. The standard InChI is InChI=1S/C23H26N2O3/c1-23(2)14-25(12-11-19(23)24)22(26)21-20(15-7-5-4-6-8-15)17-10-9-16(27-3)13-18(17)28-21/h4-10,13,19H,11-12,14,24H2,1-3H3. The van der Waals surface area contributed by atoms with Crippen molar-refractivity contribution in [3.63, 3.8) is 0 Å². The summed E-state index contributed by atoms with van der Waals surface area (Å²) in [6.07, 6.45) is 0.785. The molecule has 3 aromatic rings. The Kier molecular flexibility index (Phi) is 4.63. The number of piperidine rings is 1. The molecule has 0 bridgehead atoms. The zero-order chi connectivity index (χ0) is 19.9. The summed E-state index contributed by atoms with van der Waals surface area (Å²) < 4.78 is 11.4. The van der Waals surface area contributed by atoms with Crippen LogP contribution in [-0.2, 0) is 0 Å². The van der Waals surface area contributed by atoms with Gasteiger partial charge in [-0.15, -0.1) is 0 Å². The maximum Gasteiger partial charge on any atom is 0.290 e. The van der Waals surface area contributed by atoms with Gasteiger partial charge in [0.15, 0.2) is 0 Å². The first-order valence-electron chi connectivity index (χ1n) is 9.61. The molecule has 2 heterocycles. The van der Waals surface area contributed by atoms with Gasteiger partial charge in [0.25, 0.3) is 5.91 Å². The molecule has 1 fully saturated rings. The highest BCUT2D eigenvalue weighted by molar-refractivity contribution is 6.08. The lowest BCUT2D eigenvalue weighted by molar-refractivity contribution is 0.0506. The molecule has 146 valence electrons. The van der Waals surface area contributed by atoms with Gasteiger partial charge < -0.3 is 19.8 Å². The summed E-state index contributed by atoms with van der Waals surface area (Å²) in [5.74, 6) is 0.986. The van der Waals surface area contributed by atoms with Crippen LogP contribution in [0.1, 0.15) is 30.8 Å². The van der Waals surface area contributed by atoms with Crippen molar-refractivity contribution in [3.05, 3.63) is 54.3 Å². The topological polar surface area (TPSA) is 68.7 Å². The van der Waals surface area contributed by atoms with Crippen LogP contribution >= 0.6 is 0 Å². The van der Waals surface area contributed by atoms with E-state index in [4.69, 9.17) is 14.9 Å². The molecule has 1 amide bonds. The molecule has 1 aromatic heterocycles. The molecule has 0 aliphatic carbocycles. The van der Waals surface area contributed by atoms with Gasteiger partial charge in [-0.3, -0.25) is 4.79 Å². The molecular weight excluding hydrogens is 352 g/mol. The largest absolute Gasteiger partial charge is 0.497 e. The Hall–Kier alpha value is -2.79. The highest BCUT2D eigenvalue weighted by Crippen LogP contribution is 2.38. The first kappa shape index (κ1) is 18.6. The monoisotopic (exact) mass is 378 g/mol. The molecule has 2 N–H and O–H groups in total. The molecule has 1 saturated heterocycles. The van der Waals surface area contributed by atoms with E-state index in [9.17, 15) is 4.79 Å². The van der Waals surface area contributed by atoms with Crippen molar-refractivity contribution in [1.82, 2.24) is 4.90 Å². The molecule has 28 heavy (non-hydrogen) atoms. The van der Waals surface area contributed by atoms with Gasteiger partial charge in [-0.2, -0.15) is 0 Å². The third-order valence-electron chi connectivity index (χ3n) is 5.75. The van der Waals surface area contributed by atoms with Crippen LogP contribution in [0.2, 0.25) is 0 Å². The Labute approximate surface area is 165 Å². The van der Waals surface area contributed by atoms with Crippen LogP contribution in [0.3, 0.4) is 0 Å². The number of ether oxygens (including phenoxy) is 1. The molecule has 0 radical (unpaired) electrons. The van der Waals surface area contributed by atoms with E-state index in [0.717, 1.165) is 22.9 Å². The van der Waals surface area contributed by atoms with E-state index in [1.165, 1.54) is 0 Å². The molecule has 1 unspecified atom stereocenters. The molecule has 4 rings (SSSR count). The van der Waals surface area contributed by atoms with Crippen molar-refractivity contribution in [2.45, 2.75) is 26.3 Å². The fourth-order valence-corrected chi connectivity index (χ4v) is 3.94. The predicted octanol–water partition coefficient (Wildman–Crippen LogP) is 4.31. The zero-order valence-electron chi connectivity index (χ0n) is 16.6. The van der Waals surface area contributed by atoms with Gasteiger partial charge >= 0.3 is 0 Å². The average molecular weight is 378 g/mol. The number of hydrogen-bond donors (Lipinski definition) is 1. The summed E-state index contributed by atoms with van der Waals surface area (Å²) in [6.45, 7) is 5.47. The number of methoxy groups -OCH3 is 1. The quantitative estimate of drug-likeness (QED) is 0.737. The van der Waals surface area contributed by atoms with Gasteiger partial charge in [0.1, 0.15) is 11.3 Å². The van der Waals surface area contributed by atoms with Gasteiger partial charge in [-0.25, -0.2) is 0 Å². The van der Waals surface area contributed by atoms with Crippen LogP contribution in [0.5, 0.6) is 5.75 Å². The maximum absolute atomic E-state index is 13.5. The van der Waals surface area contributed by atoms with E-state index in [1.54, 1.807) is 7.11 Å². The summed E-state index contributed by atoms with van der Waals surface area (Å²) in [6, 6.07) is 15.7. The smallest absolute Gasteiger partial charge is 0.290 e. The Morgan fingerprint density at radius 2 is 1.96 bits per heavy atom. The highest BCUT2D eigenvalue weighted by Gasteiger charge is 2.37. The number of fused-ring (bicyclic) bond motifs is 1. The molecule has 0 saturated carbocycles. The van der Waals surface area contributed by atoms with E-state index in [1.807, 2.05) is 53.4 Å². The SMILES string of the molecule is COc1ccc2c(-c3ccccc3)c(C(=O)N3CCC(N)C(C)(C)C3)oc2c1. The fraction of sp³-hybridized carbons (Fsp3) is 0.348. The van der Waals surface area contributed by atoms with Gasteiger partial charge in [-0.05, 0) is 29.5 Å². The summed E-state index contributed by atoms with van der Waals surface area (Å²) in [5, 5.41) is 0.906. The summed E-state index contributed by atoms with van der Waals surface area (Å²) >= 11 is 0. The number of likely N-dealkylation sites (tertiary alicyclic amines) is 1. The van der Waals surface area contributed by atoms with Gasteiger partial charge in [0.05, 0.1) is 7.11 Å². The molecule has 1 aliphatic heterocycles. The second-order valence-corrected chi connectivity index (χ2v) is 8.14. The molecular formula is C23H26N2O3. The highest BCUT2D eigenvalue weighted by atomic mass is 16.5. The molecule has 1 atom stereocenters. The Morgan fingerprint density at radius 1 is 1.21 bits per heavy atom. The minimum atomic E-state index is -0.129. The Balaban J connectivity index is 1.83. The third-order valence-corrected chi connectivity index (χ3v) is 5.75. The van der Waals surface area contributed by atoms with Gasteiger partial charge in [0.2, 0.25) is 5.76 Å². The van der Waals surface area contributed by atoms with E-state index in [0.29, 0.717) is 30.2 Å². The number of carbonyl (C=O) groups excluding carboxylic acids is 1. The molecule has 5 heteroatoms. The minimum Gasteiger partial charge on any atom is -0.497 e. The lowest BCUT2D eigenvalue weighted by atomic mass is 9.79. The summed E-state index contributed by atoms with van der Waals surface area (Å²) in [7, 11) is 1.62. The van der Waals surface area contributed by atoms with Gasteiger partial charge in [0, 0.05) is 36.1 Å². The van der Waals surface area contributed by atoms with E-state index < -0.39 is 0 Å². The second kappa shape index (κ2) is 6.99. The molecule has 1 aliphatic rings. The van der Waals surface area contributed by atoms with Crippen molar-refractivity contribution in [1.29, 1.82) is 0 Å². The number of nitrogens with two attached hydrogens (primary N) is 1. The van der Waals surface area contributed by atoms with Crippen LogP contribution in [0.4, 0.5) is 0 Å². The van der Waals surface area contributed by atoms with Crippen molar-refractivity contribution < 1.29 is 13.9 Å². The van der Waals surface area contributed by atoms with Gasteiger partial charge in [-0.1, -0.05) is 44.2 Å². The summed E-state index contributed by atoms with van der Waals surface area (Å²) in [4.78, 5) is 15.3.